The van der Waals surface area contributed by atoms with Crippen molar-refractivity contribution in [3.63, 3.8) is 0 Å². The van der Waals surface area contributed by atoms with E-state index >= 15 is 0 Å². The largest absolute Gasteiger partial charge is 0.480 e. The molecule has 0 fully saturated rings. The average Bonchev–Trinajstić information content (AvgIpc) is 2.73. The lowest BCUT2D eigenvalue weighted by atomic mass is 10.3. The van der Waals surface area contributed by atoms with Gasteiger partial charge in [0.25, 0.3) is 0 Å². The van der Waals surface area contributed by atoms with Crippen LogP contribution in [0.2, 0.25) is 0 Å². The van der Waals surface area contributed by atoms with Gasteiger partial charge in [0.2, 0.25) is 5.91 Å². The number of rotatable bonds is 7. The third-order valence-electron chi connectivity index (χ3n) is 2.43. The number of carboxylic acids is 1. The second-order valence-electron chi connectivity index (χ2n) is 4.43. The number of carbonyl (C=O) groups excluding carboxylic acids is 1. The number of nitrogens with one attached hydrogen (secondary N) is 1. The SMILES string of the molecule is CC(NC(=O)Cc1nnnn1CCN(C)C)C(=O)O. The summed E-state index contributed by atoms with van der Waals surface area (Å²) in [4.78, 5) is 24.2. The van der Waals surface area contributed by atoms with Crippen LogP contribution in [0.1, 0.15) is 12.7 Å². The smallest absolute Gasteiger partial charge is 0.325 e. The van der Waals surface area contributed by atoms with Crippen LogP contribution in [0.3, 0.4) is 0 Å². The Hall–Kier alpha value is -2.03. The number of aliphatic carboxylic acids is 1. The second-order valence-corrected chi connectivity index (χ2v) is 4.43. The highest BCUT2D eigenvalue weighted by Gasteiger charge is 2.17. The van der Waals surface area contributed by atoms with E-state index in [2.05, 4.69) is 20.8 Å². The standard InChI is InChI=1S/C10H18N6O3/c1-7(10(18)19)11-9(17)6-8-12-13-14-16(8)5-4-15(2)3/h7H,4-6H2,1-3H3,(H,11,17)(H,18,19). The third kappa shape index (κ3) is 5.00. The number of carbonyl (C=O) groups is 2. The highest BCUT2D eigenvalue weighted by atomic mass is 16.4. The van der Waals surface area contributed by atoms with E-state index in [-0.39, 0.29) is 6.42 Å². The highest BCUT2D eigenvalue weighted by molar-refractivity contribution is 5.84. The van der Waals surface area contributed by atoms with Crippen molar-refractivity contribution in [3.05, 3.63) is 5.82 Å². The van der Waals surface area contributed by atoms with Gasteiger partial charge in [-0.25, -0.2) is 4.68 Å². The topological polar surface area (TPSA) is 113 Å². The molecule has 0 aromatic carbocycles. The number of likely N-dealkylation sites (N-methyl/N-ethyl adjacent to an activating group) is 1. The summed E-state index contributed by atoms with van der Waals surface area (Å²) in [6.07, 6.45) is -0.0436. The number of amides is 1. The van der Waals surface area contributed by atoms with Gasteiger partial charge in [-0.3, -0.25) is 9.59 Å². The van der Waals surface area contributed by atoms with Gasteiger partial charge in [-0.1, -0.05) is 0 Å². The first-order valence-electron chi connectivity index (χ1n) is 5.82. The number of tetrazole rings is 1. The summed E-state index contributed by atoms with van der Waals surface area (Å²) in [5.74, 6) is -1.09. The number of nitrogens with zero attached hydrogens (tertiary/aromatic N) is 5. The van der Waals surface area contributed by atoms with Crippen LogP contribution in [-0.4, -0.2) is 68.8 Å². The van der Waals surface area contributed by atoms with Crippen LogP contribution in [0.15, 0.2) is 0 Å². The van der Waals surface area contributed by atoms with Gasteiger partial charge in [-0.2, -0.15) is 0 Å². The molecule has 0 saturated heterocycles. The molecule has 0 aliphatic rings. The first-order valence-corrected chi connectivity index (χ1v) is 5.82. The molecular weight excluding hydrogens is 252 g/mol. The average molecular weight is 270 g/mol. The number of carboxylic acid groups (broad SMARTS) is 1. The van der Waals surface area contributed by atoms with Gasteiger partial charge in [0.05, 0.1) is 13.0 Å². The second kappa shape index (κ2) is 6.78. The van der Waals surface area contributed by atoms with Gasteiger partial charge in [0.15, 0.2) is 5.82 Å². The van der Waals surface area contributed by atoms with Crippen LogP contribution < -0.4 is 5.32 Å². The Morgan fingerprint density at radius 2 is 2.16 bits per heavy atom. The predicted octanol–water partition coefficient (Wildman–Crippen LogP) is -1.63. The molecule has 19 heavy (non-hydrogen) atoms. The zero-order valence-corrected chi connectivity index (χ0v) is 11.2. The third-order valence-corrected chi connectivity index (χ3v) is 2.43. The normalized spacial score (nSPS) is 12.4. The monoisotopic (exact) mass is 270 g/mol. The Morgan fingerprint density at radius 3 is 2.74 bits per heavy atom. The number of hydrogen-bond acceptors (Lipinski definition) is 6. The highest BCUT2D eigenvalue weighted by Crippen LogP contribution is 1.95. The van der Waals surface area contributed by atoms with Gasteiger partial charge in [-0.05, 0) is 31.4 Å². The molecule has 9 heteroatoms. The molecule has 1 amide bonds. The van der Waals surface area contributed by atoms with Crippen molar-refractivity contribution in [2.45, 2.75) is 25.9 Å². The molecule has 0 spiro atoms. The van der Waals surface area contributed by atoms with Gasteiger partial charge < -0.3 is 15.3 Å². The Balaban J connectivity index is 2.55. The fourth-order valence-electron chi connectivity index (χ4n) is 1.32. The van der Waals surface area contributed by atoms with Crippen molar-refractivity contribution in [2.75, 3.05) is 20.6 Å². The summed E-state index contributed by atoms with van der Waals surface area (Å²) in [6, 6.07) is -0.932. The van der Waals surface area contributed by atoms with Crippen LogP contribution >= 0.6 is 0 Å². The van der Waals surface area contributed by atoms with Crippen LogP contribution in [-0.2, 0) is 22.6 Å². The van der Waals surface area contributed by atoms with Crippen molar-refractivity contribution < 1.29 is 14.7 Å². The molecule has 0 saturated carbocycles. The molecule has 0 radical (unpaired) electrons. The minimum absolute atomic E-state index is 0.0436. The maximum Gasteiger partial charge on any atom is 0.325 e. The van der Waals surface area contributed by atoms with Gasteiger partial charge >= 0.3 is 5.97 Å². The molecule has 1 aromatic rings. The zero-order chi connectivity index (χ0) is 14.4. The van der Waals surface area contributed by atoms with Gasteiger partial charge in [0, 0.05) is 6.54 Å². The summed E-state index contributed by atoms with van der Waals surface area (Å²) in [5.41, 5.74) is 0. The summed E-state index contributed by atoms with van der Waals surface area (Å²) >= 11 is 0. The van der Waals surface area contributed by atoms with E-state index < -0.39 is 17.9 Å². The minimum Gasteiger partial charge on any atom is -0.480 e. The lowest BCUT2D eigenvalue weighted by Gasteiger charge is -2.11. The van der Waals surface area contributed by atoms with Crippen molar-refractivity contribution in [2.24, 2.45) is 0 Å². The van der Waals surface area contributed by atoms with E-state index in [4.69, 9.17) is 5.11 Å². The van der Waals surface area contributed by atoms with Crippen LogP contribution in [0.5, 0.6) is 0 Å². The van der Waals surface area contributed by atoms with Crippen LogP contribution in [0.25, 0.3) is 0 Å². The molecule has 1 rings (SSSR count). The molecule has 1 atom stereocenters. The van der Waals surface area contributed by atoms with Crippen molar-refractivity contribution >= 4 is 11.9 Å². The summed E-state index contributed by atoms with van der Waals surface area (Å²) < 4.78 is 1.53. The Bertz CT molecular complexity index is 444. The Morgan fingerprint density at radius 1 is 1.47 bits per heavy atom. The predicted molar refractivity (Wildman–Crippen MR) is 65.3 cm³/mol. The zero-order valence-electron chi connectivity index (χ0n) is 11.2. The Kier molecular flexibility index (Phi) is 5.37. The van der Waals surface area contributed by atoms with E-state index in [0.29, 0.717) is 12.4 Å². The fraction of sp³-hybridized carbons (Fsp3) is 0.700. The molecule has 1 unspecified atom stereocenters. The number of hydrogen-bond donors (Lipinski definition) is 2. The maximum absolute atomic E-state index is 11.6. The summed E-state index contributed by atoms with van der Waals surface area (Å²) in [7, 11) is 3.84. The lowest BCUT2D eigenvalue weighted by Crippen LogP contribution is -2.39. The lowest BCUT2D eigenvalue weighted by molar-refractivity contribution is -0.141. The van der Waals surface area contributed by atoms with E-state index in [1.807, 2.05) is 19.0 Å². The molecule has 0 aliphatic heterocycles. The van der Waals surface area contributed by atoms with Crippen LogP contribution in [0.4, 0.5) is 0 Å². The molecule has 106 valence electrons. The van der Waals surface area contributed by atoms with Gasteiger partial charge in [0.1, 0.15) is 6.04 Å². The van der Waals surface area contributed by atoms with E-state index in [9.17, 15) is 9.59 Å². The minimum atomic E-state index is -1.08. The van der Waals surface area contributed by atoms with Gasteiger partial charge in [-0.15, -0.1) is 5.10 Å². The molecule has 0 bridgehead atoms. The Labute approximate surface area is 110 Å². The molecule has 2 N–H and O–H groups in total. The maximum atomic E-state index is 11.6. The van der Waals surface area contributed by atoms with Crippen molar-refractivity contribution in [1.29, 1.82) is 0 Å². The molecule has 0 aliphatic carbocycles. The fourth-order valence-corrected chi connectivity index (χ4v) is 1.32. The van der Waals surface area contributed by atoms with Crippen LogP contribution in [0, 0.1) is 0 Å². The van der Waals surface area contributed by atoms with E-state index in [0.717, 1.165) is 6.54 Å². The van der Waals surface area contributed by atoms with E-state index in [1.54, 1.807) is 0 Å². The molecule has 1 heterocycles. The first kappa shape index (κ1) is 15.0. The summed E-state index contributed by atoms with van der Waals surface area (Å²) in [6.45, 7) is 2.71. The molecule has 9 nitrogen and oxygen atoms in total. The quantitative estimate of drug-likeness (QED) is 0.611. The number of aromatic nitrogens is 4. The van der Waals surface area contributed by atoms with Crippen molar-refractivity contribution in [3.8, 4) is 0 Å². The first-order chi connectivity index (χ1) is 8.90. The van der Waals surface area contributed by atoms with E-state index in [1.165, 1.54) is 11.6 Å². The summed E-state index contributed by atoms with van der Waals surface area (Å²) in [5, 5.41) is 22.1. The molecule has 1 aromatic heterocycles. The molecular formula is C10H18N6O3. The van der Waals surface area contributed by atoms with Crippen molar-refractivity contribution in [1.82, 2.24) is 30.4 Å².